The Labute approximate surface area is 173 Å². The lowest BCUT2D eigenvalue weighted by Gasteiger charge is -2.42. The van der Waals surface area contributed by atoms with Crippen molar-refractivity contribution in [2.24, 2.45) is 0 Å². The molecule has 0 heterocycles. The Hall–Kier alpha value is -0.336. The van der Waals surface area contributed by atoms with E-state index >= 15 is 0 Å². The lowest BCUT2D eigenvalue weighted by molar-refractivity contribution is -0.134. The maximum atomic E-state index is 12.2. The zero-order valence-electron chi connectivity index (χ0n) is 19.3. The molecule has 0 spiro atoms. The summed E-state index contributed by atoms with van der Waals surface area (Å²) in [5.41, 5.74) is -0.253. The van der Waals surface area contributed by atoms with Gasteiger partial charge in [0.25, 0.3) is 0 Å². The molecule has 0 N–H and O–H groups in total. The van der Waals surface area contributed by atoms with E-state index in [1.54, 1.807) is 49.6 Å². The van der Waals surface area contributed by atoms with E-state index in [-0.39, 0.29) is 11.4 Å². The van der Waals surface area contributed by atoms with Crippen LogP contribution >= 0.6 is 0 Å². The summed E-state index contributed by atoms with van der Waals surface area (Å²) in [5, 5.41) is 0. The minimum atomic E-state index is -2.63. The Morgan fingerprint density at radius 3 is 1.32 bits per heavy atom. The lowest BCUT2D eigenvalue weighted by Crippen LogP contribution is -2.50. The SMILES string of the molecule is CCC(CCC[Si](OC)(OC)OC)(CCC[Si](OC)(OC)OC)N(C)C(C)=O. The third-order valence-corrected chi connectivity index (χ3v) is 11.6. The van der Waals surface area contributed by atoms with Gasteiger partial charge in [0, 0.05) is 74.3 Å². The Morgan fingerprint density at radius 1 is 0.786 bits per heavy atom. The minimum Gasteiger partial charge on any atom is -0.377 e. The second-order valence-corrected chi connectivity index (χ2v) is 13.1. The summed E-state index contributed by atoms with van der Waals surface area (Å²) in [6.07, 6.45) is 4.22. The second-order valence-electron chi connectivity index (χ2n) is 6.95. The van der Waals surface area contributed by atoms with Crippen molar-refractivity contribution >= 4 is 23.5 Å². The van der Waals surface area contributed by atoms with Crippen molar-refractivity contribution in [3.05, 3.63) is 0 Å². The van der Waals surface area contributed by atoms with Gasteiger partial charge in [0.1, 0.15) is 0 Å². The molecule has 0 bridgehead atoms. The summed E-state index contributed by atoms with van der Waals surface area (Å²) >= 11 is 0. The molecule has 8 nitrogen and oxygen atoms in total. The minimum absolute atomic E-state index is 0.0596. The van der Waals surface area contributed by atoms with Crippen LogP contribution in [0.5, 0.6) is 0 Å². The fourth-order valence-corrected chi connectivity index (χ4v) is 7.21. The van der Waals surface area contributed by atoms with Gasteiger partial charge in [-0.2, -0.15) is 0 Å². The van der Waals surface area contributed by atoms with Crippen LogP contribution in [-0.4, -0.2) is 83.7 Å². The molecular weight excluding hydrogens is 398 g/mol. The molecule has 0 rings (SSSR count). The molecule has 0 aromatic heterocycles. The summed E-state index contributed by atoms with van der Waals surface area (Å²) in [6.45, 7) is 3.74. The van der Waals surface area contributed by atoms with Crippen LogP contribution in [0.2, 0.25) is 12.1 Å². The topological polar surface area (TPSA) is 75.7 Å². The zero-order chi connectivity index (χ0) is 21.8. The highest BCUT2D eigenvalue weighted by molar-refractivity contribution is 6.60. The van der Waals surface area contributed by atoms with E-state index in [4.69, 9.17) is 26.6 Å². The van der Waals surface area contributed by atoms with Crippen LogP contribution in [0.15, 0.2) is 0 Å². The van der Waals surface area contributed by atoms with Gasteiger partial charge in [0.15, 0.2) is 0 Å². The average molecular weight is 440 g/mol. The number of hydrogen-bond acceptors (Lipinski definition) is 7. The molecule has 0 fully saturated rings. The molecule has 1 amide bonds. The van der Waals surface area contributed by atoms with Crippen LogP contribution in [0.4, 0.5) is 0 Å². The van der Waals surface area contributed by atoms with E-state index in [2.05, 4.69) is 6.92 Å². The number of nitrogens with zero attached hydrogens (tertiary/aromatic N) is 1. The van der Waals surface area contributed by atoms with Crippen LogP contribution in [0, 0.1) is 0 Å². The Bertz CT molecular complexity index is 403. The molecule has 10 heteroatoms. The van der Waals surface area contributed by atoms with Gasteiger partial charge in [-0.25, -0.2) is 0 Å². The number of carbonyl (C=O) groups is 1. The van der Waals surface area contributed by atoms with E-state index in [0.29, 0.717) is 12.1 Å². The predicted octanol–water partition coefficient (Wildman–Crippen LogP) is 2.93. The van der Waals surface area contributed by atoms with Gasteiger partial charge in [0.05, 0.1) is 0 Å². The predicted molar refractivity (Wildman–Crippen MR) is 113 cm³/mol. The van der Waals surface area contributed by atoms with Gasteiger partial charge < -0.3 is 31.5 Å². The van der Waals surface area contributed by atoms with Gasteiger partial charge >= 0.3 is 17.6 Å². The number of rotatable bonds is 16. The van der Waals surface area contributed by atoms with E-state index in [0.717, 1.165) is 32.1 Å². The molecule has 28 heavy (non-hydrogen) atoms. The van der Waals surface area contributed by atoms with Gasteiger partial charge in [-0.15, -0.1) is 0 Å². The van der Waals surface area contributed by atoms with Gasteiger partial charge in [-0.05, 0) is 32.1 Å². The molecule has 0 unspecified atom stereocenters. The number of hydrogen-bond donors (Lipinski definition) is 0. The van der Waals surface area contributed by atoms with Crippen LogP contribution in [-0.2, 0) is 31.4 Å². The summed E-state index contributed by atoms with van der Waals surface area (Å²) in [6, 6.07) is 1.41. The summed E-state index contributed by atoms with van der Waals surface area (Å²) in [4.78, 5) is 14.1. The molecule has 0 aliphatic heterocycles. The standard InChI is InChI=1S/C18H41NO7Si2/c1-10-18(19(3)17(2)20,13-11-15-27(21-4,22-5)23-6)14-12-16-28(24-7,25-8)26-9/h10-16H2,1-9H3. The van der Waals surface area contributed by atoms with Crippen molar-refractivity contribution in [3.63, 3.8) is 0 Å². The fraction of sp³-hybridized carbons (Fsp3) is 0.944. The first-order chi connectivity index (χ1) is 13.2. The van der Waals surface area contributed by atoms with Crippen LogP contribution < -0.4 is 0 Å². The smallest absolute Gasteiger partial charge is 0.377 e. The fourth-order valence-electron chi connectivity index (χ4n) is 3.77. The Morgan fingerprint density at radius 2 is 1.11 bits per heavy atom. The molecular formula is C18H41NO7Si2. The van der Waals surface area contributed by atoms with Crippen LogP contribution in [0.25, 0.3) is 0 Å². The van der Waals surface area contributed by atoms with Crippen molar-refractivity contribution in [3.8, 4) is 0 Å². The molecule has 0 radical (unpaired) electrons. The maximum absolute atomic E-state index is 12.2. The molecule has 0 saturated heterocycles. The van der Waals surface area contributed by atoms with Gasteiger partial charge in [-0.1, -0.05) is 6.92 Å². The molecule has 0 aromatic rings. The van der Waals surface area contributed by atoms with Gasteiger partial charge in [-0.3, -0.25) is 4.79 Å². The highest BCUT2D eigenvalue weighted by atomic mass is 28.4. The van der Waals surface area contributed by atoms with Crippen LogP contribution in [0.1, 0.15) is 46.0 Å². The summed E-state index contributed by atoms with van der Waals surface area (Å²) in [5.74, 6) is 0.0596. The largest absolute Gasteiger partial charge is 0.500 e. The van der Waals surface area contributed by atoms with Gasteiger partial charge in [0.2, 0.25) is 5.91 Å². The molecule has 0 aliphatic rings. The molecule has 168 valence electrons. The summed E-state index contributed by atoms with van der Waals surface area (Å²) in [7, 11) is 6.37. The van der Waals surface area contributed by atoms with E-state index < -0.39 is 17.6 Å². The van der Waals surface area contributed by atoms with E-state index in [1.807, 2.05) is 11.9 Å². The molecule has 0 aromatic carbocycles. The number of amides is 1. The quantitative estimate of drug-likeness (QED) is 0.342. The normalized spacial score (nSPS) is 13.0. The second kappa shape index (κ2) is 13.1. The average Bonchev–Trinajstić information content (AvgIpc) is 2.73. The highest BCUT2D eigenvalue weighted by Crippen LogP contribution is 2.34. The van der Waals surface area contributed by atoms with Crippen molar-refractivity contribution in [2.75, 3.05) is 49.7 Å². The van der Waals surface area contributed by atoms with E-state index in [1.165, 1.54) is 0 Å². The first-order valence-electron chi connectivity index (χ1n) is 9.75. The Balaban J connectivity index is 5.25. The highest BCUT2D eigenvalue weighted by Gasteiger charge is 2.42. The monoisotopic (exact) mass is 439 g/mol. The number of carbonyl (C=O) groups excluding carboxylic acids is 1. The first kappa shape index (κ1) is 27.7. The lowest BCUT2D eigenvalue weighted by atomic mass is 9.84. The Kier molecular flexibility index (Phi) is 12.9. The third-order valence-electron chi connectivity index (χ3n) is 5.96. The maximum Gasteiger partial charge on any atom is 0.500 e. The van der Waals surface area contributed by atoms with Crippen molar-refractivity contribution in [2.45, 2.75) is 63.6 Å². The summed E-state index contributed by atoms with van der Waals surface area (Å²) < 4.78 is 33.2. The van der Waals surface area contributed by atoms with Crippen molar-refractivity contribution in [1.29, 1.82) is 0 Å². The van der Waals surface area contributed by atoms with Crippen LogP contribution in [0.3, 0.4) is 0 Å². The van der Waals surface area contributed by atoms with Crippen molar-refractivity contribution in [1.82, 2.24) is 4.90 Å². The zero-order valence-corrected chi connectivity index (χ0v) is 21.3. The third kappa shape index (κ3) is 7.17. The molecule has 0 saturated carbocycles. The van der Waals surface area contributed by atoms with E-state index in [9.17, 15) is 4.79 Å². The first-order valence-corrected chi connectivity index (χ1v) is 13.6. The molecule has 0 aliphatic carbocycles. The van der Waals surface area contributed by atoms with Crippen molar-refractivity contribution < 1.29 is 31.4 Å². The molecule has 0 atom stereocenters.